The average molecular weight is 352 g/mol. The molecule has 0 saturated heterocycles. The predicted molar refractivity (Wildman–Crippen MR) is 96.1 cm³/mol. The van der Waals surface area contributed by atoms with Gasteiger partial charge < -0.3 is 19.7 Å². The maximum absolute atomic E-state index is 14.5. The van der Waals surface area contributed by atoms with E-state index in [1.165, 1.54) is 25.2 Å². The molecule has 136 valence electrons. The first-order chi connectivity index (χ1) is 11.9. The minimum Gasteiger partial charge on any atom is -0.493 e. The van der Waals surface area contributed by atoms with Gasteiger partial charge in [0.1, 0.15) is 17.3 Å². The molecule has 0 amide bonds. The number of hydrogen-bond acceptors (Lipinski definition) is 5. The number of ether oxygens (including phenoxy) is 2. The Kier molecular flexibility index (Phi) is 7.74. The molecule has 0 unspecified atom stereocenters. The van der Waals surface area contributed by atoms with Crippen LogP contribution in [-0.4, -0.2) is 51.8 Å². The molecule has 1 aromatic carbocycles. The number of amidine groups is 1. The van der Waals surface area contributed by atoms with Crippen LogP contribution in [0.15, 0.2) is 41.1 Å². The van der Waals surface area contributed by atoms with Crippen LogP contribution in [0.1, 0.15) is 0 Å². The molecule has 0 spiro atoms. The number of methoxy groups -OCH3 is 2. The van der Waals surface area contributed by atoms with Crippen LogP contribution in [0.25, 0.3) is 0 Å². The molecule has 0 aromatic heterocycles. The molecular formula is C17H22F2N4O2. The Morgan fingerprint density at radius 3 is 2.24 bits per heavy atom. The molecule has 0 radical (unpaired) electrons. The average Bonchev–Trinajstić information content (AvgIpc) is 2.63. The van der Waals surface area contributed by atoms with Crippen molar-refractivity contribution in [2.75, 3.05) is 34.4 Å². The fourth-order valence-corrected chi connectivity index (χ4v) is 1.99. The van der Waals surface area contributed by atoms with E-state index in [2.05, 4.69) is 35.2 Å². The van der Waals surface area contributed by atoms with Crippen molar-refractivity contribution >= 4 is 18.2 Å². The second kappa shape index (κ2) is 9.53. The maximum Gasteiger partial charge on any atom is 0.193 e. The number of halogens is 2. The Morgan fingerprint density at radius 2 is 1.84 bits per heavy atom. The first-order valence-electron chi connectivity index (χ1n) is 7.33. The van der Waals surface area contributed by atoms with Crippen LogP contribution in [-0.2, 0) is 0 Å². The van der Waals surface area contributed by atoms with Crippen LogP contribution in [0.5, 0.6) is 11.5 Å². The standard InChI is InChI=1S/C17H22F2N4O2/c1-7-14(23(9-8-20-3)11(2)21-4)22-17-15(18)12(24-5)10-13(25-6)16(17)19/h7,10,20H,1-2,4,8-9H2,3,5-6H3. The Bertz CT molecular complexity index is 661. The Labute approximate surface area is 146 Å². The third kappa shape index (κ3) is 4.63. The van der Waals surface area contributed by atoms with Gasteiger partial charge in [0.25, 0.3) is 0 Å². The largest absolute Gasteiger partial charge is 0.493 e. The van der Waals surface area contributed by atoms with Crippen LogP contribution in [0.3, 0.4) is 0 Å². The zero-order valence-electron chi connectivity index (χ0n) is 14.6. The Morgan fingerprint density at radius 1 is 1.28 bits per heavy atom. The summed E-state index contributed by atoms with van der Waals surface area (Å²) in [5, 5.41) is 2.96. The van der Waals surface area contributed by atoms with Gasteiger partial charge in [-0.25, -0.2) is 18.8 Å². The van der Waals surface area contributed by atoms with Gasteiger partial charge in [0, 0.05) is 19.2 Å². The number of likely N-dealkylation sites (N-methyl/N-ethyl adjacent to an activating group) is 1. The summed E-state index contributed by atoms with van der Waals surface area (Å²) < 4.78 is 38.8. The molecule has 1 N–H and O–H groups in total. The number of rotatable bonds is 9. The Balaban J connectivity index is 3.52. The maximum atomic E-state index is 14.5. The fraction of sp³-hybridized carbons (Fsp3) is 0.294. The summed E-state index contributed by atoms with van der Waals surface area (Å²) in [7, 11) is 4.29. The lowest BCUT2D eigenvalue weighted by Crippen LogP contribution is -2.33. The van der Waals surface area contributed by atoms with Gasteiger partial charge in [-0.3, -0.25) is 0 Å². The van der Waals surface area contributed by atoms with Crippen LogP contribution in [0.2, 0.25) is 0 Å². The Hall–Kier alpha value is -2.74. The SMILES string of the molecule is C=CC(=Nc1c(F)c(OC)cc(OC)c1F)N(CCNC)C(=C)N=C. The van der Waals surface area contributed by atoms with Crippen molar-refractivity contribution in [3.63, 3.8) is 0 Å². The van der Waals surface area contributed by atoms with E-state index in [4.69, 9.17) is 9.47 Å². The van der Waals surface area contributed by atoms with Gasteiger partial charge in [-0.2, -0.15) is 0 Å². The second-order valence-electron chi connectivity index (χ2n) is 4.76. The summed E-state index contributed by atoms with van der Waals surface area (Å²) in [4.78, 5) is 9.34. The number of aliphatic imine (C=N–C) groups is 2. The summed E-state index contributed by atoms with van der Waals surface area (Å²) >= 11 is 0. The molecule has 0 heterocycles. The van der Waals surface area contributed by atoms with Crippen LogP contribution >= 0.6 is 0 Å². The van der Waals surface area contributed by atoms with Gasteiger partial charge in [-0.1, -0.05) is 13.2 Å². The summed E-state index contributed by atoms with van der Waals surface area (Å²) in [6.07, 6.45) is 1.34. The van der Waals surface area contributed by atoms with Gasteiger partial charge in [0.05, 0.1) is 14.2 Å². The molecule has 0 saturated carbocycles. The number of nitrogens with one attached hydrogen (secondary N) is 1. The molecule has 6 nitrogen and oxygen atoms in total. The summed E-state index contributed by atoms with van der Waals surface area (Å²) in [6, 6.07) is 1.11. The van der Waals surface area contributed by atoms with Crippen molar-refractivity contribution < 1.29 is 18.3 Å². The van der Waals surface area contributed by atoms with Crippen molar-refractivity contribution in [1.82, 2.24) is 10.2 Å². The third-order valence-corrected chi connectivity index (χ3v) is 3.32. The summed E-state index contributed by atoms with van der Waals surface area (Å²) in [5.74, 6) is -1.87. The molecule has 0 aliphatic rings. The molecule has 1 rings (SSSR count). The van der Waals surface area contributed by atoms with Gasteiger partial charge in [-0.15, -0.1) is 0 Å². The van der Waals surface area contributed by atoms with Gasteiger partial charge in [0.2, 0.25) is 0 Å². The fourth-order valence-electron chi connectivity index (χ4n) is 1.99. The van der Waals surface area contributed by atoms with Crippen molar-refractivity contribution in [3.8, 4) is 11.5 Å². The first kappa shape index (κ1) is 20.3. The number of benzene rings is 1. The van der Waals surface area contributed by atoms with E-state index in [9.17, 15) is 8.78 Å². The molecule has 8 heteroatoms. The highest BCUT2D eigenvalue weighted by Crippen LogP contribution is 2.37. The molecule has 1 aromatic rings. The van der Waals surface area contributed by atoms with Crippen molar-refractivity contribution in [2.45, 2.75) is 0 Å². The quantitative estimate of drug-likeness (QED) is 0.548. The predicted octanol–water partition coefficient (Wildman–Crippen LogP) is 2.89. The van der Waals surface area contributed by atoms with Crippen molar-refractivity contribution in [3.05, 3.63) is 42.8 Å². The van der Waals surface area contributed by atoms with Gasteiger partial charge >= 0.3 is 0 Å². The molecule has 0 aliphatic carbocycles. The third-order valence-electron chi connectivity index (χ3n) is 3.32. The highest BCUT2D eigenvalue weighted by molar-refractivity contribution is 5.95. The van der Waals surface area contributed by atoms with Gasteiger partial charge in [0.15, 0.2) is 23.1 Å². The molecule has 0 fully saturated rings. The van der Waals surface area contributed by atoms with Crippen LogP contribution in [0, 0.1) is 11.6 Å². The molecule has 0 atom stereocenters. The number of nitrogens with zero attached hydrogens (tertiary/aromatic N) is 3. The number of hydrogen-bond donors (Lipinski definition) is 1. The van der Waals surface area contributed by atoms with Crippen LogP contribution < -0.4 is 14.8 Å². The van der Waals surface area contributed by atoms with E-state index in [0.717, 1.165) is 6.07 Å². The zero-order valence-corrected chi connectivity index (χ0v) is 14.6. The topological polar surface area (TPSA) is 58.5 Å². The highest BCUT2D eigenvalue weighted by atomic mass is 19.1. The highest BCUT2D eigenvalue weighted by Gasteiger charge is 2.21. The minimum absolute atomic E-state index is 0.153. The molecular weight excluding hydrogens is 330 g/mol. The molecule has 0 aliphatic heterocycles. The monoisotopic (exact) mass is 352 g/mol. The summed E-state index contributed by atoms with van der Waals surface area (Å²) in [6.45, 7) is 11.8. The van der Waals surface area contributed by atoms with E-state index in [-0.39, 0.29) is 23.2 Å². The van der Waals surface area contributed by atoms with Crippen LogP contribution in [0.4, 0.5) is 14.5 Å². The summed E-state index contributed by atoms with van der Waals surface area (Å²) in [5.41, 5.74) is -0.558. The van der Waals surface area contributed by atoms with Gasteiger partial charge in [-0.05, 0) is 19.8 Å². The van der Waals surface area contributed by atoms with Crippen molar-refractivity contribution in [2.24, 2.45) is 9.98 Å². The lowest BCUT2D eigenvalue weighted by atomic mass is 10.2. The van der Waals surface area contributed by atoms with E-state index in [1.54, 1.807) is 7.05 Å². The van der Waals surface area contributed by atoms with E-state index in [1.807, 2.05) is 0 Å². The lowest BCUT2D eigenvalue weighted by Gasteiger charge is -2.24. The van der Waals surface area contributed by atoms with E-state index >= 15 is 0 Å². The second-order valence-corrected chi connectivity index (χ2v) is 4.76. The smallest absolute Gasteiger partial charge is 0.193 e. The van der Waals surface area contributed by atoms with E-state index < -0.39 is 17.3 Å². The van der Waals surface area contributed by atoms with Crippen molar-refractivity contribution in [1.29, 1.82) is 0 Å². The molecule has 25 heavy (non-hydrogen) atoms. The normalized spacial score (nSPS) is 11.0. The first-order valence-corrected chi connectivity index (χ1v) is 7.33. The minimum atomic E-state index is -0.953. The lowest BCUT2D eigenvalue weighted by molar-refractivity contribution is 0.359. The molecule has 0 bridgehead atoms. The van der Waals surface area contributed by atoms with E-state index in [0.29, 0.717) is 13.1 Å². The zero-order chi connectivity index (χ0) is 19.0.